The molecule has 10 aromatic rings. The molecule has 0 saturated heterocycles. The van der Waals surface area contributed by atoms with Gasteiger partial charge in [0.25, 0.3) is 0 Å². The first-order chi connectivity index (χ1) is 53.5. The van der Waals surface area contributed by atoms with Crippen LogP contribution >= 0.6 is 25.1 Å². The number of rotatable bonds is 17. The van der Waals surface area contributed by atoms with E-state index in [9.17, 15) is 0 Å². The van der Waals surface area contributed by atoms with E-state index in [0.717, 1.165) is 83.8 Å². The van der Waals surface area contributed by atoms with Gasteiger partial charge in [-0.1, -0.05) is 389 Å². The van der Waals surface area contributed by atoms with Crippen molar-refractivity contribution in [3.05, 3.63) is 279 Å². The summed E-state index contributed by atoms with van der Waals surface area (Å²) < 4.78 is 43.0. The van der Waals surface area contributed by atoms with Gasteiger partial charge in [-0.2, -0.15) is 0 Å². The van der Waals surface area contributed by atoms with Crippen molar-refractivity contribution in [2.24, 2.45) is 0 Å². The lowest BCUT2D eigenvalue weighted by Crippen LogP contribution is -2.20. The molecular formula is C108H143O6P3. The zero-order valence-corrected chi connectivity index (χ0v) is 81.2. The van der Waals surface area contributed by atoms with E-state index in [4.69, 9.17) is 27.1 Å². The molecule has 0 fully saturated rings. The number of hydrogen-bond acceptors (Lipinski definition) is 6. The lowest BCUT2D eigenvalue weighted by molar-refractivity contribution is 0.465. The summed E-state index contributed by atoms with van der Waals surface area (Å²) >= 11 is 0. The lowest BCUT2D eigenvalue weighted by atomic mass is 9.80. The second-order valence-corrected chi connectivity index (χ2v) is 48.8. The Hall–Kier alpha value is -7.71. The van der Waals surface area contributed by atoms with Crippen LogP contribution in [0, 0.1) is 0 Å². The van der Waals surface area contributed by atoms with E-state index in [1.165, 1.54) is 55.6 Å². The SMILES string of the molecule is CC(C)(C)c1ccc(OP(Oc2ccc(C(C)(C)C)cc2C(C)(C)C)c2ccc(-c3cccc(P(Oc4ccc(C(C)(C)C)cc4C(C)(C)C)Oc4ccc(C(C)(C)C)cc4C(C)(C)C)c3)cc2)c(C(C)(C)C)c1.CC(C)(C)c1ccc(OP(Oc2ccc(C(C)(C)C)cc2C(C)(C)C)c2ccc(-c3ccccc3)cc2)c(C(C)(C)C)c1. The first-order valence-corrected chi connectivity index (χ1v) is 45.8. The van der Waals surface area contributed by atoms with E-state index in [2.05, 4.69) is 456 Å². The van der Waals surface area contributed by atoms with Crippen LogP contribution in [-0.2, 0) is 65.0 Å². The Labute approximate surface area is 713 Å². The Morgan fingerprint density at radius 1 is 0.154 bits per heavy atom. The van der Waals surface area contributed by atoms with Crippen LogP contribution in [0.2, 0.25) is 0 Å². The highest BCUT2D eigenvalue weighted by atomic mass is 31.2. The van der Waals surface area contributed by atoms with Gasteiger partial charge >= 0.3 is 25.1 Å². The van der Waals surface area contributed by atoms with Crippen molar-refractivity contribution in [1.29, 1.82) is 0 Å². The largest absolute Gasteiger partial charge is 0.435 e. The molecule has 626 valence electrons. The summed E-state index contributed by atoms with van der Waals surface area (Å²) in [4.78, 5) is 0. The van der Waals surface area contributed by atoms with E-state index in [1.54, 1.807) is 0 Å². The van der Waals surface area contributed by atoms with Crippen LogP contribution in [0.1, 0.15) is 316 Å². The first kappa shape index (κ1) is 93.2. The fraction of sp³-hybridized carbons (Fsp3) is 0.444. The van der Waals surface area contributed by atoms with E-state index in [1.807, 2.05) is 6.07 Å². The molecule has 0 aromatic heterocycles. The third kappa shape index (κ3) is 24.3. The van der Waals surface area contributed by atoms with Gasteiger partial charge in [0, 0.05) is 33.4 Å². The highest BCUT2D eigenvalue weighted by Crippen LogP contribution is 2.53. The molecule has 0 atom stereocenters. The van der Waals surface area contributed by atoms with Crippen molar-refractivity contribution in [3.8, 4) is 56.8 Å². The van der Waals surface area contributed by atoms with Crippen LogP contribution in [-0.4, -0.2) is 0 Å². The molecule has 0 spiro atoms. The third-order valence-electron chi connectivity index (χ3n) is 21.7. The summed E-state index contributed by atoms with van der Waals surface area (Å²) in [5, 5.41) is 3.00. The zero-order chi connectivity index (χ0) is 87.2. The van der Waals surface area contributed by atoms with Crippen molar-refractivity contribution in [3.63, 3.8) is 0 Å². The molecule has 6 nitrogen and oxygen atoms in total. The normalized spacial score (nSPS) is 13.2. The molecule has 10 rings (SSSR count). The Kier molecular flexibility index (Phi) is 27.7. The molecule has 9 heteroatoms. The minimum absolute atomic E-state index is 0.0110. The number of benzene rings is 10. The van der Waals surface area contributed by atoms with Gasteiger partial charge in [-0.25, -0.2) is 0 Å². The van der Waals surface area contributed by atoms with E-state index >= 15 is 0 Å². The van der Waals surface area contributed by atoms with Gasteiger partial charge in [-0.15, -0.1) is 0 Å². The molecule has 0 aliphatic carbocycles. The molecule has 10 aromatic carbocycles. The standard InChI is InChI=1S/C68H92O4P2.C40H51O2P/c1-61(2,3)47-30-36-57(53(41-47)65(13,14)15)69-73(70-58-37-31-48(62(4,5)6)42-54(58)66(16,17)18)51-34-28-45(29-35-51)46-26-25-27-52(40-46)74(71-59-38-32-49(63(7,8)9)43-55(59)67(19,20)21)72-60-39-33-50(64(10,11)12)44-56(60)68(22,23)24;1-37(2,3)30-20-24-35(33(26-30)39(7,8)9)41-43(32-22-18-29(19-23-32)28-16-14-13-15-17-28)42-36-25-21-31(38(4,5)6)27-34(36)40(10,11)12/h25-44H,1-24H3;13-27H,1-12H3. The zero-order valence-electron chi connectivity index (χ0n) is 78.5. The topological polar surface area (TPSA) is 55.4 Å². The molecule has 0 heterocycles. The summed E-state index contributed by atoms with van der Waals surface area (Å²) in [5.74, 6) is 5.12. The highest BCUT2D eigenvalue weighted by Gasteiger charge is 2.36. The summed E-state index contributed by atoms with van der Waals surface area (Å²) in [7, 11) is -4.81. The fourth-order valence-electron chi connectivity index (χ4n) is 13.9. The Morgan fingerprint density at radius 3 is 0.547 bits per heavy atom. The second kappa shape index (κ2) is 34.8. The van der Waals surface area contributed by atoms with E-state index in [-0.39, 0.29) is 65.0 Å². The van der Waals surface area contributed by atoms with E-state index in [0.29, 0.717) is 0 Å². The molecule has 0 aliphatic heterocycles. The molecule has 0 radical (unpaired) electrons. The maximum atomic E-state index is 7.28. The predicted octanol–water partition coefficient (Wildman–Crippen LogP) is 31.6. The van der Waals surface area contributed by atoms with Gasteiger partial charge in [0.2, 0.25) is 0 Å². The molecule has 0 aliphatic rings. The first-order valence-electron chi connectivity index (χ1n) is 42.3. The van der Waals surface area contributed by atoms with Crippen molar-refractivity contribution >= 4 is 41.0 Å². The second-order valence-electron chi connectivity index (χ2n) is 44.6. The lowest BCUT2D eigenvalue weighted by Gasteiger charge is -2.31. The Bertz CT molecular complexity index is 4800. The molecule has 0 unspecified atom stereocenters. The minimum Gasteiger partial charge on any atom is -0.435 e. The molecule has 0 amide bonds. The van der Waals surface area contributed by atoms with Crippen molar-refractivity contribution < 1.29 is 27.1 Å². The van der Waals surface area contributed by atoms with Crippen molar-refractivity contribution in [2.45, 2.75) is 314 Å². The maximum Gasteiger partial charge on any atom is 0.326 e. The van der Waals surface area contributed by atoms with Crippen molar-refractivity contribution in [2.75, 3.05) is 0 Å². The smallest absolute Gasteiger partial charge is 0.326 e. The van der Waals surface area contributed by atoms with Gasteiger partial charge in [-0.3, -0.25) is 0 Å². The summed E-state index contributed by atoms with van der Waals surface area (Å²) in [6.07, 6.45) is 0. The third-order valence-corrected chi connectivity index (χ3v) is 26.0. The summed E-state index contributed by atoms with van der Waals surface area (Å²) in [6, 6.07) is 76.8. The van der Waals surface area contributed by atoms with Crippen molar-refractivity contribution in [1.82, 2.24) is 0 Å². The summed E-state index contributed by atoms with van der Waals surface area (Å²) in [5.41, 5.74) is 18.4. The fourth-order valence-corrected chi connectivity index (χ4v) is 17.9. The van der Waals surface area contributed by atoms with Crippen LogP contribution in [0.3, 0.4) is 0 Å². The van der Waals surface area contributed by atoms with Gasteiger partial charge in [0.05, 0.1) is 15.9 Å². The summed E-state index contributed by atoms with van der Waals surface area (Å²) in [6.45, 7) is 81.4. The van der Waals surface area contributed by atoms with Crippen LogP contribution in [0.4, 0.5) is 0 Å². The molecule has 117 heavy (non-hydrogen) atoms. The monoisotopic (exact) mass is 1630 g/mol. The molecular weight excluding hydrogens is 1490 g/mol. The van der Waals surface area contributed by atoms with E-state index < -0.39 is 25.1 Å². The van der Waals surface area contributed by atoms with Gasteiger partial charge in [0.15, 0.2) is 0 Å². The highest BCUT2D eigenvalue weighted by molar-refractivity contribution is 7.57. The maximum absolute atomic E-state index is 7.28. The van der Waals surface area contributed by atoms with Gasteiger partial charge in [0.1, 0.15) is 34.5 Å². The quantitative estimate of drug-likeness (QED) is 0.0847. The predicted molar refractivity (Wildman–Crippen MR) is 510 cm³/mol. The van der Waals surface area contributed by atoms with Crippen LogP contribution < -0.4 is 43.1 Å². The minimum atomic E-state index is -1.67. The van der Waals surface area contributed by atoms with Crippen LogP contribution in [0.15, 0.2) is 212 Å². The molecule has 0 bridgehead atoms. The average molecular weight is 1630 g/mol. The Morgan fingerprint density at radius 2 is 0.342 bits per heavy atom. The number of hydrogen-bond donors (Lipinski definition) is 0. The molecule has 0 N–H and O–H groups in total. The van der Waals surface area contributed by atoms with Crippen LogP contribution in [0.5, 0.6) is 34.5 Å². The van der Waals surface area contributed by atoms with Gasteiger partial charge in [-0.05, 0) is 193 Å². The Balaban J connectivity index is 0.000000307. The average Bonchev–Trinajstić information content (AvgIpc) is 0.789. The molecule has 0 saturated carbocycles. The van der Waals surface area contributed by atoms with Gasteiger partial charge < -0.3 is 27.1 Å². The van der Waals surface area contributed by atoms with Crippen LogP contribution in [0.25, 0.3) is 22.3 Å².